The maximum Gasteiger partial charge on any atom is 0.153 e. The molecule has 4 rings (SSSR count). The Labute approximate surface area is 170 Å². The van der Waals surface area contributed by atoms with Crippen LogP contribution in [0, 0.1) is 17.5 Å². The standard InChI is InChI=1S/C21H18F3N3O3/c1-10-13-3-4-19(26-8-17(29)18(30)9-26)25-21(13)27(7-14(10)11(2)28)20-15(23)5-12(22)6-16(20)24/h3-7,17-18,28-30H,1-2,8-9H2/t17-,18+. The van der Waals surface area contributed by atoms with Gasteiger partial charge >= 0.3 is 0 Å². The summed E-state index contributed by atoms with van der Waals surface area (Å²) in [5, 5.41) is 29.5. The van der Waals surface area contributed by atoms with Crippen LogP contribution < -0.4 is 9.80 Å². The molecule has 0 saturated carbocycles. The number of anilines is 3. The van der Waals surface area contributed by atoms with Crippen molar-refractivity contribution >= 4 is 22.9 Å². The van der Waals surface area contributed by atoms with Crippen LogP contribution in [0.3, 0.4) is 0 Å². The molecule has 6 nitrogen and oxygen atoms in total. The highest BCUT2D eigenvalue weighted by molar-refractivity contribution is 5.93. The molecule has 0 amide bonds. The van der Waals surface area contributed by atoms with Gasteiger partial charge in [-0.05, 0) is 17.7 Å². The third-order valence-corrected chi connectivity index (χ3v) is 5.11. The fraction of sp³-hybridized carbons (Fsp3) is 0.190. The van der Waals surface area contributed by atoms with Gasteiger partial charge in [-0.15, -0.1) is 0 Å². The van der Waals surface area contributed by atoms with Gasteiger partial charge in [-0.25, -0.2) is 18.2 Å². The molecular formula is C21H18F3N3O3. The Balaban J connectivity index is 1.89. The molecule has 1 saturated heterocycles. The van der Waals surface area contributed by atoms with E-state index in [1.54, 1.807) is 17.0 Å². The van der Waals surface area contributed by atoms with Crippen molar-refractivity contribution in [3.05, 3.63) is 78.0 Å². The van der Waals surface area contributed by atoms with Gasteiger partial charge in [0.25, 0.3) is 0 Å². The summed E-state index contributed by atoms with van der Waals surface area (Å²) >= 11 is 0. The molecule has 30 heavy (non-hydrogen) atoms. The lowest BCUT2D eigenvalue weighted by Crippen LogP contribution is -2.25. The molecule has 2 aromatic rings. The third-order valence-electron chi connectivity index (χ3n) is 5.11. The first kappa shape index (κ1) is 20.0. The molecule has 0 radical (unpaired) electrons. The Kier molecular flexibility index (Phi) is 4.79. The summed E-state index contributed by atoms with van der Waals surface area (Å²) in [6.07, 6.45) is -0.688. The molecule has 2 aliphatic rings. The van der Waals surface area contributed by atoms with E-state index in [-0.39, 0.29) is 30.2 Å². The second-order valence-corrected chi connectivity index (χ2v) is 7.14. The Morgan fingerprint density at radius 3 is 2.23 bits per heavy atom. The molecule has 0 bridgehead atoms. The average molecular weight is 417 g/mol. The lowest BCUT2D eigenvalue weighted by Gasteiger charge is -2.31. The van der Waals surface area contributed by atoms with Crippen LogP contribution in [0.4, 0.5) is 30.5 Å². The highest BCUT2D eigenvalue weighted by atomic mass is 19.1. The van der Waals surface area contributed by atoms with Gasteiger partial charge in [0.15, 0.2) is 11.6 Å². The molecule has 0 aliphatic carbocycles. The monoisotopic (exact) mass is 417 g/mol. The normalized spacial score (nSPS) is 21.0. The Hall–Kier alpha value is -3.30. The van der Waals surface area contributed by atoms with Crippen molar-refractivity contribution in [2.45, 2.75) is 12.2 Å². The topological polar surface area (TPSA) is 80.1 Å². The highest BCUT2D eigenvalue weighted by Gasteiger charge is 2.33. The molecule has 1 fully saturated rings. The summed E-state index contributed by atoms with van der Waals surface area (Å²) in [5.74, 6) is -3.33. The van der Waals surface area contributed by atoms with E-state index < -0.39 is 35.3 Å². The molecule has 2 atom stereocenters. The van der Waals surface area contributed by atoms with Gasteiger partial charge in [-0.2, -0.15) is 0 Å². The van der Waals surface area contributed by atoms with Crippen LogP contribution in [0.15, 0.2) is 55.0 Å². The number of halogens is 3. The smallest absolute Gasteiger partial charge is 0.153 e. The van der Waals surface area contributed by atoms with Crippen molar-refractivity contribution in [2.24, 2.45) is 0 Å². The molecule has 156 valence electrons. The van der Waals surface area contributed by atoms with Gasteiger partial charge in [0.2, 0.25) is 0 Å². The molecule has 2 aliphatic heterocycles. The predicted molar refractivity (Wildman–Crippen MR) is 106 cm³/mol. The summed E-state index contributed by atoms with van der Waals surface area (Å²) in [6, 6.07) is 4.28. The fourth-order valence-corrected chi connectivity index (χ4v) is 3.59. The van der Waals surface area contributed by atoms with E-state index in [1.165, 1.54) is 6.20 Å². The van der Waals surface area contributed by atoms with Gasteiger partial charge in [0.1, 0.15) is 28.9 Å². The molecule has 0 unspecified atom stereocenters. The Morgan fingerprint density at radius 2 is 1.67 bits per heavy atom. The predicted octanol–water partition coefficient (Wildman–Crippen LogP) is 3.16. The summed E-state index contributed by atoms with van der Waals surface area (Å²) in [7, 11) is 0. The average Bonchev–Trinajstić information content (AvgIpc) is 3.01. The number of pyridine rings is 1. The number of allylic oxidation sites excluding steroid dienone is 1. The van der Waals surface area contributed by atoms with Crippen molar-refractivity contribution in [3.8, 4) is 0 Å². The van der Waals surface area contributed by atoms with Crippen molar-refractivity contribution in [2.75, 3.05) is 22.9 Å². The van der Waals surface area contributed by atoms with Gasteiger partial charge in [0, 0.05) is 42.6 Å². The van der Waals surface area contributed by atoms with Crippen LogP contribution in [0.25, 0.3) is 5.57 Å². The number of hydrogen-bond donors (Lipinski definition) is 3. The molecule has 0 spiro atoms. The zero-order valence-electron chi connectivity index (χ0n) is 15.7. The first-order valence-corrected chi connectivity index (χ1v) is 9.03. The molecule has 1 aromatic carbocycles. The van der Waals surface area contributed by atoms with E-state index in [0.29, 0.717) is 29.1 Å². The summed E-state index contributed by atoms with van der Waals surface area (Å²) in [6.45, 7) is 7.61. The van der Waals surface area contributed by atoms with E-state index >= 15 is 0 Å². The minimum atomic E-state index is -1.16. The SMILES string of the molecule is C=C(O)C1=CN(c2c(F)cc(F)cc2F)c2nc(N3C[C@@H](O)[C@@H](O)C3)ccc2C1=C. The van der Waals surface area contributed by atoms with E-state index in [4.69, 9.17) is 0 Å². The number of aromatic nitrogens is 1. The molecule has 3 N–H and O–H groups in total. The number of aliphatic hydroxyl groups is 3. The Bertz CT molecular complexity index is 1070. The van der Waals surface area contributed by atoms with E-state index in [0.717, 1.165) is 4.90 Å². The number of β-amino-alcohol motifs (C(OH)–C–C–N with tert-alkyl or cyclic N) is 2. The lowest BCUT2D eigenvalue weighted by molar-refractivity contribution is 0.0572. The molecule has 9 heteroatoms. The number of benzene rings is 1. The minimum Gasteiger partial charge on any atom is -0.508 e. The first-order valence-electron chi connectivity index (χ1n) is 9.03. The van der Waals surface area contributed by atoms with Gasteiger partial charge in [-0.1, -0.05) is 13.2 Å². The second kappa shape index (κ2) is 7.19. The van der Waals surface area contributed by atoms with Crippen LogP contribution in [0.1, 0.15) is 5.56 Å². The van der Waals surface area contributed by atoms with Crippen molar-refractivity contribution < 1.29 is 28.5 Å². The van der Waals surface area contributed by atoms with Crippen molar-refractivity contribution in [3.63, 3.8) is 0 Å². The zero-order chi connectivity index (χ0) is 21.7. The number of nitrogens with zero attached hydrogens (tertiary/aromatic N) is 3. The number of rotatable bonds is 3. The van der Waals surface area contributed by atoms with Crippen LogP contribution >= 0.6 is 0 Å². The Morgan fingerprint density at radius 1 is 1.07 bits per heavy atom. The van der Waals surface area contributed by atoms with Crippen LogP contribution in [0.2, 0.25) is 0 Å². The van der Waals surface area contributed by atoms with Crippen molar-refractivity contribution in [1.82, 2.24) is 4.98 Å². The summed E-state index contributed by atoms with van der Waals surface area (Å²) < 4.78 is 42.5. The van der Waals surface area contributed by atoms with Crippen LogP contribution in [0.5, 0.6) is 0 Å². The number of fused-ring (bicyclic) bond motifs is 1. The number of hydrogen-bond acceptors (Lipinski definition) is 6. The van der Waals surface area contributed by atoms with Crippen LogP contribution in [-0.4, -0.2) is 45.6 Å². The van der Waals surface area contributed by atoms with Gasteiger partial charge < -0.3 is 20.2 Å². The minimum absolute atomic E-state index is 0.0859. The van der Waals surface area contributed by atoms with Crippen molar-refractivity contribution in [1.29, 1.82) is 0 Å². The highest BCUT2D eigenvalue weighted by Crippen LogP contribution is 2.43. The fourth-order valence-electron chi connectivity index (χ4n) is 3.59. The van der Waals surface area contributed by atoms with E-state index in [1.807, 2.05) is 0 Å². The van der Waals surface area contributed by atoms with E-state index in [9.17, 15) is 28.5 Å². The number of aliphatic hydroxyl groups excluding tert-OH is 3. The third kappa shape index (κ3) is 3.21. The summed E-state index contributed by atoms with van der Waals surface area (Å²) in [4.78, 5) is 7.13. The maximum atomic E-state index is 14.6. The quantitative estimate of drug-likeness (QED) is 0.666. The second-order valence-electron chi connectivity index (χ2n) is 7.14. The largest absolute Gasteiger partial charge is 0.508 e. The summed E-state index contributed by atoms with van der Waals surface area (Å²) in [5.41, 5.74) is 0.245. The zero-order valence-corrected chi connectivity index (χ0v) is 15.7. The maximum absolute atomic E-state index is 14.6. The lowest BCUT2D eigenvalue weighted by atomic mass is 9.95. The molecule has 3 heterocycles. The molecule has 1 aromatic heterocycles. The van der Waals surface area contributed by atoms with Gasteiger partial charge in [-0.3, -0.25) is 4.90 Å². The van der Waals surface area contributed by atoms with Gasteiger partial charge in [0.05, 0.1) is 12.2 Å². The molecular weight excluding hydrogens is 399 g/mol. The van der Waals surface area contributed by atoms with E-state index in [2.05, 4.69) is 18.1 Å². The van der Waals surface area contributed by atoms with Crippen LogP contribution in [-0.2, 0) is 0 Å². The first-order chi connectivity index (χ1) is 14.2.